The van der Waals surface area contributed by atoms with Crippen molar-refractivity contribution >= 4 is 16.0 Å². The van der Waals surface area contributed by atoms with Gasteiger partial charge in [-0.1, -0.05) is 30.3 Å². The van der Waals surface area contributed by atoms with E-state index in [1.807, 2.05) is 25.1 Å². The Labute approximate surface area is 131 Å². The van der Waals surface area contributed by atoms with Crippen molar-refractivity contribution in [2.75, 3.05) is 20.6 Å². The number of aliphatic carboxylic acids is 1. The van der Waals surface area contributed by atoms with E-state index < -0.39 is 22.0 Å². The second-order valence-corrected chi connectivity index (χ2v) is 7.77. The Morgan fingerprint density at radius 2 is 1.95 bits per heavy atom. The van der Waals surface area contributed by atoms with Crippen LogP contribution < -0.4 is 0 Å². The fraction of sp³-hybridized carbons (Fsp3) is 0.533. The van der Waals surface area contributed by atoms with Crippen LogP contribution in [-0.2, 0) is 20.6 Å². The lowest BCUT2D eigenvalue weighted by Crippen LogP contribution is -2.54. The van der Waals surface area contributed by atoms with Crippen LogP contribution in [0.1, 0.15) is 18.4 Å². The van der Waals surface area contributed by atoms with Gasteiger partial charge in [-0.2, -0.15) is 4.31 Å². The Morgan fingerprint density at radius 1 is 1.32 bits per heavy atom. The summed E-state index contributed by atoms with van der Waals surface area (Å²) in [6.45, 7) is 0.245. The van der Waals surface area contributed by atoms with Crippen molar-refractivity contribution in [1.29, 1.82) is 0 Å². The number of benzene rings is 1. The van der Waals surface area contributed by atoms with E-state index in [0.717, 1.165) is 4.31 Å². The number of piperidine rings is 1. The molecule has 2 unspecified atom stereocenters. The van der Waals surface area contributed by atoms with Gasteiger partial charge in [0.25, 0.3) is 0 Å². The second-order valence-electron chi connectivity index (χ2n) is 5.85. The van der Waals surface area contributed by atoms with Crippen molar-refractivity contribution in [3.05, 3.63) is 35.9 Å². The first-order chi connectivity index (χ1) is 10.3. The van der Waals surface area contributed by atoms with E-state index in [1.165, 1.54) is 0 Å². The molecule has 1 fully saturated rings. The molecule has 0 aliphatic carbocycles. The minimum absolute atomic E-state index is 0.0873. The molecule has 1 aromatic rings. The standard InChI is InChI=1S/C15H22N2O4S/c1-16(2)13-8-9-17(14(10-13)15(18)19)22(20,21)11-12-6-4-3-5-7-12/h3-7,13-14H,8-11H2,1-2H3,(H,18,19). The normalized spacial score (nSPS) is 23.6. The largest absolute Gasteiger partial charge is 0.480 e. The van der Waals surface area contributed by atoms with E-state index in [-0.39, 0.29) is 18.3 Å². The molecule has 1 aromatic carbocycles. The third-order valence-electron chi connectivity index (χ3n) is 4.09. The summed E-state index contributed by atoms with van der Waals surface area (Å²) < 4.78 is 26.3. The van der Waals surface area contributed by atoms with Crippen LogP contribution in [0.2, 0.25) is 0 Å². The summed E-state index contributed by atoms with van der Waals surface area (Å²) in [7, 11) is 0.128. The first-order valence-electron chi connectivity index (χ1n) is 7.24. The lowest BCUT2D eigenvalue weighted by molar-refractivity contribution is -0.143. The molecule has 0 aromatic heterocycles. The van der Waals surface area contributed by atoms with Crippen molar-refractivity contribution in [1.82, 2.24) is 9.21 Å². The highest BCUT2D eigenvalue weighted by Crippen LogP contribution is 2.25. The van der Waals surface area contributed by atoms with Gasteiger partial charge in [0.15, 0.2) is 0 Å². The molecule has 1 aliphatic rings. The highest BCUT2D eigenvalue weighted by atomic mass is 32.2. The molecule has 22 heavy (non-hydrogen) atoms. The van der Waals surface area contributed by atoms with E-state index in [2.05, 4.69) is 0 Å². The molecule has 1 N–H and O–H groups in total. The summed E-state index contributed by atoms with van der Waals surface area (Å²) in [5.74, 6) is -1.24. The van der Waals surface area contributed by atoms with Crippen molar-refractivity contribution in [3.8, 4) is 0 Å². The predicted octanol–water partition coefficient (Wildman–Crippen LogP) is 0.996. The van der Waals surface area contributed by atoms with Gasteiger partial charge in [0.1, 0.15) is 6.04 Å². The van der Waals surface area contributed by atoms with E-state index in [9.17, 15) is 18.3 Å². The lowest BCUT2D eigenvalue weighted by atomic mass is 9.99. The minimum atomic E-state index is -3.65. The van der Waals surface area contributed by atoms with Gasteiger partial charge in [0, 0.05) is 12.6 Å². The first kappa shape index (κ1) is 16.9. The maximum absolute atomic E-state index is 12.6. The number of rotatable bonds is 5. The Kier molecular flexibility index (Phi) is 5.20. The minimum Gasteiger partial charge on any atom is -0.480 e. The zero-order valence-corrected chi connectivity index (χ0v) is 13.7. The average molecular weight is 326 g/mol. The van der Waals surface area contributed by atoms with Crippen molar-refractivity contribution in [2.24, 2.45) is 0 Å². The van der Waals surface area contributed by atoms with E-state index in [4.69, 9.17) is 0 Å². The number of carboxylic acid groups (broad SMARTS) is 1. The predicted molar refractivity (Wildman–Crippen MR) is 83.9 cm³/mol. The molecule has 1 saturated heterocycles. The van der Waals surface area contributed by atoms with Gasteiger partial charge in [-0.15, -0.1) is 0 Å². The summed E-state index contributed by atoms with van der Waals surface area (Å²) in [5, 5.41) is 9.41. The molecular weight excluding hydrogens is 304 g/mol. The quantitative estimate of drug-likeness (QED) is 0.873. The van der Waals surface area contributed by atoms with Crippen LogP contribution >= 0.6 is 0 Å². The number of sulfonamides is 1. The number of nitrogens with zero attached hydrogens (tertiary/aromatic N) is 2. The number of hydrogen-bond acceptors (Lipinski definition) is 4. The van der Waals surface area contributed by atoms with Crippen LogP contribution in [-0.4, -0.2) is 61.4 Å². The van der Waals surface area contributed by atoms with Gasteiger partial charge >= 0.3 is 5.97 Å². The summed E-state index contributed by atoms with van der Waals surface area (Å²) in [6.07, 6.45) is 0.959. The third kappa shape index (κ3) is 3.85. The molecule has 122 valence electrons. The van der Waals surface area contributed by atoms with Crippen LogP contribution in [0.25, 0.3) is 0 Å². The van der Waals surface area contributed by atoms with Gasteiger partial charge in [0.05, 0.1) is 5.75 Å². The van der Waals surface area contributed by atoms with Crippen molar-refractivity contribution in [3.63, 3.8) is 0 Å². The fourth-order valence-electron chi connectivity index (χ4n) is 2.82. The SMILES string of the molecule is CN(C)C1CCN(S(=O)(=O)Cc2ccccc2)C(C(=O)O)C1. The number of hydrogen-bond donors (Lipinski definition) is 1. The number of carboxylic acids is 1. The monoisotopic (exact) mass is 326 g/mol. The maximum Gasteiger partial charge on any atom is 0.322 e. The number of carbonyl (C=O) groups is 1. The molecule has 1 heterocycles. The molecule has 2 rings (SSSR count). The Bertz CT molecular complexity index is 616. The third-order valence-corrected chi connectivity index (χ3v) is 5.94. The van der Waals surface area contributed by atoms with Crippen LogP contribution in [0.15, 0.2) is 30.3 Å². The molecule has 7 heteroatoms. The molecule has 2 atom stereocenters. The molecule has 0 radical (unpaired) electrons. The topological polar surface area (TPSA) is 77.9 Å². The van der Waals surface area contributed by atoms with Crippen LogP contribution in [0.5, 0.6) is 0 Å². The first-order valence-corrected chi connectivity index (χ1v) is 8.85. The Hall–Kier alpha value is -1.44. The molecule has 0 saturated carbocycles. The smallest absolute Gasteiger partial charge is 0.322 e. The zero-order valence-electron chi connectivity index (χ0n) is 12.8. The highest BCUT2D eigenvalue weighted by molar-refractivity contribution is 7.88. The second kappa shape index (κ2) is 6.76. The molecule has 0 spiro atoms. The molecule has 0 bridgehead atoms. The average Bonchev–Trinajstić information content (AvgIpc) is 2.47. The van der Waals surface area contributed by atoms with Gasteiger partial charge in [0.2, 0.25) is 10.0 Å². The van der Waals surface area contributed by atoms with E-state index in [1.54, 1.807) is 24.3 Å². The van der Waals surface area contributed by atoms with Crippen molar-refractivity contribution < 1.29 is 18.3 Å². The van der Waals surface area contributed by atoms with E-state index in [0.29, 0.717) is 18.4 Å². The van der Waals surface area contributed by atoms with Crippen LogP contribution in [0.3, 0.4) is 0 Å². The summed E-state index contributed by atoms with van der Waals surface area (Å²) >= 11 is 0. The molecule has 0 amide bonds. The Balaban J connectivity index is 2.20. The highest BCUT2D eigenvalue weighted by Gasteiger charge is 2.40. The molecular formula is C15H22N2O4S. The maximum atomic E-state index is 12.6. The van der Waals surface area contributed by atoms with Crippen molar-refractivity contribution in [2.45, 2.75) is 30.7 Å². The summed E-state index contributed by atoms with van der Waals surface area (Å²) in [5.41, 5.74) is 0.668. The zero-order chi connectivity index (χ0) is 16.3. The fourth-order valence-corrected chi connectivity index (χ4v) is 4.55. The molecule has 1 aliphatic heterocycles. The van der Waals surface area contributed by atoms with Crippen LogP contribution in [0, 0.1) is 0 Å². The lowest BCUT2D eigenvalue weighted by Gasteiger charge is -2.38. The summed E-state index contributed by atoms with van der Waals surface area (Å²) in [6, 6.07) is 7.94. The van der Waals surface area contributed by atoms with Gasteiger partial charge in [-0.25, -0.2) is 8.42 Å². The van der Waals surface area contributed by atoms with Gasteiger partial charge in [-0.05, 0) is 32.5 Å². The molecule has 6 nitrogen and oxygen atoms in total. The van der Waals surface area contributed by atoms with Crippen LogP contribution in [0.4, 0.5) is 0 Å². The van der Waals surface area contributed by atoms with E-state index >= 15 is 0 Å². The van der Waals surface area contributed by atoms with Gasteiger partial charge in [-0.3, -0.25) is 4.79 Å². The Morgan fingerprint density at radius 3 is 2.50 bits per heavy atom. The summed E-state index contributed by atoms with van der Waals surface area (Å²) in [4.78, 5) is 13.5. The van der Waals surface area contributed by atoms with Gasteiger partial charge < -0.3 is 10.0 Å².